The Balaban J connectivity index is 1.23. The number of nitrogen functional groups attached to an aromatic ring is 1. The van der Waals surface area contributed by atoms with Gasteiger partial charge < -0.3 is 90.0 Å². The fraction of sp³-hybridized carbons (Fsp3) is 0.613. The van der Waals surface area contributed by atoms with Crippen LogP contribution in [0.2, 0.25) is 0 Å². The van der Waals surface area contributed by atoms with E-state index in [9.17, 15) is 59.6 Å². The topological polar surface area (TPSA) is 358 Å². The molecule has 8 unspecified atom stereocenters. The molecule has 0 aliphatic carbocycles. The lowest BCUT2D eigenvalue weighted by molar-refractivity contribution is -0.319. The van der Waals surface area contributed by atoms with Crippen LogP contribution in [-0.4, -0.2) is 135 Å². The van der Waals surface area contributed by atoms with Gasteiger partial charge in [-0.25, -0.2) is 0 Å². The van der Waals surface area contributed by atoms with Crippen molar-refractivity contribution in [2.45, 2.75) is 100 Å². The summed E-state index contributed by atoms with van der Waals surface area (Å²) >= 11 is 0. The number of fused-ring (bicyclic) bond motifs is 1. The van der Waals surface area contributed by atoms with Gasteiger partial charge in [0.15, 0.2) is 12.1 Å². The van der Waals surface area contributed by atoms with E-state index in [1.807, 2.05) is 18.7 Å². The highest BCUT2D eigenvalue weighted by molar-refractivity contribution is 7.45. The quantitative estimate of drug-likeness (QED) is 0.0600. The maximum Gasteiger partial charge on any atom is 0.278 e. The molecular weight excluding hydrogens is 743 g/mol. The molecule has 302 valence electrons. The molecular formula is C31H44N6O16P-3. The number of aromatic amines is 1. The third-order valence-corrected chi connectivity index (χ3v) is 9.94. The first-order valence-corrected chi connectivity index (χ1v) is 18.2. The number of carboxylic acids is 2. The first-order chi connectivity index (χ1) is 25.3. The minimum Gasteiger partial charge on any atom is -0.756 e. The van der Waals surface area contributed by atoms with Crippen LogP contribution in [0.5, 0.6) is 0 Å². The summed E-state index contributed by atoms with van der Waals surface area (Å²) in [5, 5.41) is 80.5. The number of nitrogens with one attached hydrogen (secondary N) is 3. The van der Waals surface area contributed by atoms with E-state index in [4.69, 9.17) is 15.2 Å². The largest absolute Gasteiger partial charge is 0.756 e. The van der Waals surface area contributed by atoms with E-state index in [1.54, 1.807) is 31.3 Å². The monoisotopic (exact) mass is 787 g/mol. The van der Waals surface area contributed by atoms with Gasteiger partial charge in [0.2, 0.25) is 5.95 Å². The number of aliphatic hydroxyl groups excluding tert-OH is 5. The van der Waals surface area contributed by atoms with Gasteiger partial charge in [0, 0.05) is 37.2 Å². The number of carboxylic acid groups (broad SMARTS) is 2. The van der Waals surface area contributed by atoms with Gasteiger partial charge in [-0.2, -0.15) is 4.98 Å². The smallest absolute Gasteiger partial charge is 0.278 e. The molecule has 2 aliphatic rings. The first-order valence-electron chi connectivity index (χ1n) is 16.7. The van der Waals surface area contributed by atoms with Gasteiger partial charge in [-0.05, 0) is 44.4 Å². The summed E-state index contributed by atoms with van der Waals surface area (Å²) in [5.74, 6) is -3.30. The van der Waals surface area contributed by atoms with E-state index in [0.717, 1.165) is 5.69 Å². The molecule has 3 heterocycles. The van der Waals surface area contributed by atoms with Crippen LogP contribution in [0.4, 0.5) is 23.1 Å². The van der Waals surface area contributed by atoms with E-state index < -0.39 is 94.8 Å². The number of hydrogen-bond donors (Lipinski definition) is 9. The van der Waals surface area contributed by atoms with Crippen LogP contribution in [0.1, 0.15) is 32.3 Å². The molecule has 1 aromatic carbocycles. The van der Waals surface area contributed by atoms with E-state index >= 15 is 0 Å². The second kappa shape index (κ2) is 18.1. The van der Waals surface area contributed by atoms with Crippen molar-refractivity contribution in [2.24, 2.45) is 0 Å². The van der Waals surface area contributed by atoms with Gasteiger partial charge in [-0.15, -0.1) is 0 Å². The molecule has 1 aromatic heterocycles. The number of H-pyrrole nitrogens is 1. The standard InChI is InChI=1S/C31H47N6O16P/c1-13(22-14(2)34-27-23(37(22)3)28(45)36-31(32)35-27)33-16-6-4-15(5-7-16)10-17(38)24(42)18(39)11-50-30-26(44)25(43)20(52-30)12-51-54(48,49)53-19(29(46)47)8-9-21(40)41/h4-7,13-14,17-20,22,24-26,30,33,38-39,42-44H,8-12H2,1-3H3,(H,40,41)(H,46,47)(H,48,49)(H4,32,34,35,36,45)/p-3/t13?,14?,17?,18?,19?,20-,22?,24?,25-,26-,30+/m1/s1. The number of hydrogen-bond acceptors (Lipinski definition) is 21. The van der Waals surface area contributed by atoms with Crippen molar-refractivity contribution in [3.05, 3.63) is 40.2 Å². The first kappa shape index (κ1) is 42.8. The zero-order valence-electron chi connectivity index (χ0n) is 29.3. The normalized spacial score (nSPS) is 26.4. The highest BCUT2D eigenvalue weighted by Gasteiger charge is 2.45. The lowest BCUT2D eigenvalue weighted by Crippen LogP contribution is -2.57. The number of benzene rings is 1. The molecule has 54 heavy (non-hydrogen) atoms. The molecule has 12 atom stereocenters. The van der Waals surface area contributed by atoms with E-state index in [2.05, 4.69) is 29.6 Å². The lowest BCUT2D eigenvalue weighted by Gasteiger charge is -2.43. The number of carbonyl (C=O) groups is 2. The van der Waals surface area contributed by atoms with E-state index in [-0.39, 0.29) is 36.1 Å². The lowest BCUT2D eigenvalue weighted by atomic mass is 9.97. The number of aromatic nitrogens is 2. The number of likely N-dealkylation sites (N-methyl/N-ethyl adjacent to an activating group) is 1. The van der Waals surface area contributed by atoms with Crippen LogP contribution in [0.25, 0.3) is 0 Å². The number of phosphoric acid groups is 1. The number of aliphatic hydroxyl groups is 5. The van der Waals surface area contributed by atoms with Crippen molar-refractivity contribution < 1.29 is 73.3 Å². The molecule has 0 amide bonds. The van der Waals surface area contributed by atoms with Crippen LogP contribution in [-0.2, 0) is 39.1 Å². The maximum atomic E-state index is 12.6. The zero-order chi connectivity index (χ0) is 40.1. The molecule has 2 aliphatic heterocycles. The third kappa shape index (κ3) is 10.9. The van der Waals surface area contributed by atoms with Gasteiger partial charge in [0.25, 0.3) is 13.4 Å². The Morgan fingerprint density at radius 1 is 1.15 bits per heavy atom. The maximum absolute atomic E-state index is 12.6. The van der Waals surface area contributed by atoms with Crippen LogP contribution >= 0.6 is 7.82 Å². The predicted molar refractivity (Wildman–Crippen MR) is 180 cm³/mol. The molecule has 0 spiro atoms. The minimum atomic E-state index is -5.42. The summed E-state index contributed by atoms with van der Waals surface area (Å²) < 4.78 is 31.4. The molecule has 1 saturated heterocycles. The summed E-state index contributed by atoms with van der Waals surface area (Å²) in [6, 6.07) is 6.47. The number of carbonyl (C=O) groups excluding carboxylic acids is 2. The number of aliphatic carboxylic acids is 2. The Labute approximate surface area is 308 Å². The predicted octanol–water partition coefficient (Wildman–Crippen LogP) is -5.29. The molecule has 4 rings (SSSR count). The fourth-order valence-corrected chi connectivity index (χ4v) is 7.16. The molecule has 0 saturated carbocycles. The van der Waals surface area contributed by atoms with Crippen LogP contribution in [0.3, 0.4) is 0 Å². The van der Waals surface area contributed by atoms with Gasteiger partial charge >= 0.3 is 0 Å². The van der Waals surface area contributed by atoms with E-state index in [0.29, 0.717) is 17.1 Å². The van der Waals surface area contributed by atoms with E-state index in [1.165, 1.54) is 0 Å². The SMILES string of the molecule is CC(Nc1ccc(CC(O)C(O)C(O)CO[C@H]2O[C@H](COP(=O)([O-])OC(CCC(=O)[O-])C(=O)[O-])[C@@H](O)[C@H]2O)cc1)C1C(C)Nc2nc(N)[nH]c(=O)c2N1C. The molecule has 23 heteroatoms. The van der Waals surface area contributed by atoms with Crippen molar-refractivity contribution >= 4 is 42.9 Å². The second-order valence-electron chi connectivity index (χ2n) is 13.1. The Bertz CT molecular complexity index is 1700. The Hall–Kier alpha value is -3.93. The fourth-order valence-electron chi connectivity index (χ4n) is 6.27. The van der Waals surface area contributed by atoms with Gasteiger partial charge in [-0.3, -0.25) is 14.3 Å². The molecule has 0 radical (unpaired) electrons. The third-order valence-electron chi connectivity index (χ3n) is 8.96. The summed E-state index contributed by atoms with van der Waals surface area (Å²) in [6.45, 7) is 2.21. The minimum absolute atomic E-state index is 0.00635. The second-order valence-corrected chi connectivity index (χ2v) is 14.4. The zero-order valence-corrected chi connectivity index (χ0v) is 30.2. The van der Waals surface area contributed by atoms with Crippen molar-refractivity contribution in [3.63, 3.8) is 0 Å². The highest BCUT2D eigenvalue weighted by atomic mass is 31.2. The molecule has 1 fully saturated rings. The summed E-state index contributed by atoms with van der Waals surface area (Å²) in [6.07, 6.45) is -15.7. The number of anilines is 4. The van der Waals surface area contributed by atoms with Crippen LogP contribution in [0, 0.1) is 0 Å². The number of phosphoric ester groups is 1. The summed E-state index contributed by atoms with van der Waals surface area (Å²) in [4.78, 5) is 54.9. The molecule has 10 N–H and O–H groups in total. The average Bonchev–Trinajstić information content (AvgIpc) is 3.35. The van der Waals surface area contributed by atoms with Crippen molar-refractivity contribution in [1.29, 1.82) is 0 Å². The summed E-state index contributed by atoms with van der Waals surface area (Å²) in [5.41, 5.74) is 7.01. The van der Waals surface area contributed by atoms with Gasteiger partial charge in [0.1, 0.15) is 42.3 Å². The van der Waals surface area contributed by atoms with Crippen LogP contribution < -0.4 is 41.9 Å². The van der Waals surface area contributed by atoms with Crippen molar-refractivity contribution in [2.75, 3.05) is 41.5 Å². The number of nitrogens with zero attached hydrogens (tertiary/aromatic N) is 2. The van der Waals surface area contributed by atoms with Gasteiger partial charge in [-0.1, -0.05) is 12.1 Å². The van der Waals surface area contributed by atoms with Crippen LogP contribution in [0.15, 0.2) is 29.1 Å². The van der Waals surface area contributed by atoms with Crippen molar-refractivity contribution in [3.8, 4) is 0 Å². The molecule has 22 nitrogen and oxygen atoms in total. The Morgan fingerprint density at radius 3 is 2.44 bits per heavy atom. The highest BCUT2D eigenvalue weighted by Crippen LogP contribution is 2.41. The Morgan fingerprint density at radius 2 is 1.81 bits per heavy atom. The summed E-state index contributed by atoms with van der Waals surface area (Å²) in [7, 11) is -3.63. The van der Waals surface area contributed by atoms with Crippen molar-refractivity contribution in [1.82, 2.24) is 9.97 Å². The number of nitrogens with two attached hydrogens (primary N) is 1. The number of rotatable bonds is 19. The van der Waals surface area contributed by atoms with Gasteiger partial charge in [0.05, 0.1) is 31.3 Å². The molecule has 2 aromatic rings. The molecule has 0 bridgehead atoms. The number of ether oxygens (including phenoxy) is 2. The Kier molecular flexibility index (Phi) is 14.4. The average molecular weight is 788 g/mol.